The van der Waals surface area contributed by atoms with Crippen molar-refractivity contribution < 1.29 is 12.3 Å². The fourth-order valence-electron chi connectivity index (χ4n) is 3.76. The van der Waals surface area contributed by atoms with Crippen LogP contribution in [0.3, 0.4) is 0 Å². The minimum absolute atomic E-state index is 1.23. The fraction of sp³-hybridized carbons (Fsp3) is 1.00. The van der Waals surface area contributed by atoms with Gasteiger partial charge in [-0.1, -0.05) is 117 Å². The summed E-state index contributed by atoms with van der Waals surface area (Å²) < 4.78 is 19.3. The minimum atomic E-state index is -1.42. The van der Waals surface area contributed by atoms with Crippen LogP contribution in [0, 0.1) is 0 Å². The third kappa shape index (κ3) is 14.2. The highest BCUT2D eigenvalue weighted by Gasteiger charge is 2.33. The largest absolute Gasteiger partial charge is 0.420 e. The van der Waals surface area contributed by atoms with E-state index in [1.807, 2.05) is 0 Å². The second-order valence-corrected chi connectivity index (χ2v) is 15.9. The van der Waals surface area contributed by atoms with Crippen molar-refractivity contribution in [1.82, 2.24) is 0 Å². The van der Waals surface area contributed by atoms with E-state index in [4.69, 9.17) is 12.3 Å². The Morgan fingerprint density at radius 3 is 0.889 bits per heavy atom. The van der Waals surface area contributed by atoms with Crippen molar-refractivity contribution in [3.05, 3.63) is 0 Å². The second-order valence-electron chi connectivity index (χ2n) is 8.31. The highest BCUT2D eigenvalue weighted by molar-refractivity contribution is 6.73. The van der Waals surface area contributed by atoms with Crippen LogP contribution in [0.25, 0.3) is 0 Å². The summed E-state index contributed by atoms with van der Waals surface area (Å²) in [5.41, 5.74) is 0. The average molecular weight is 433 g/mol. The van der Waals surface area contributed by atoms with Crippen molar-refractivity contribution in [2.75, 3.05) is 0 Å². The van der Waals surface area contributed by atoms with Gasteiger partial charge in [0.15, 0.2) is 0 Å². The molecule has 0 unspecified atom stereocenters. The van der Waals surface area contributed by atoms with Crippen LogP contribution in [0.5, 0.6) is 0 Å². The summed E-state index contributed by atoms with van der Waals surface area (Å²) in [5, 5.41) is 0. The van der Waals surface area contributed by atoms with Crippen molar-refractivity contribution in [3.8, 4) is 0 Å². The normalized spacial score (nSPS) is 23.0. The van der Waals surface area contributed by atoms with Crippen molar-refractivity contribution in [1.29, 1.82) is 0 Å². The molecule has 0 N–H and O–H groups in total. The van der Waals surface area contributed by atoms with E-state index in [0.717, 1.165) is 0 Å². The maximum atomic E-state index is 6.44. The first-order valence-electron chi connectivity index (χ1n) is 12.3. The van der Waals surface area contributed by atoms with E-state index in [1.54, 1.807) is 0 Å². The van der Waals surface area contributed by atoms with E-state index in [1.165, 1.54) is 114 Å². The molecule has 3 nitrogen and oxygen atoms in total. The SMILES string of the molecule is CCCCCCC[SiH]1O[SiH](CCCCCCC)O[SiH](CCCCCCC)O1. The highest BCUT2D eigenvalue weighted by Crippen LogP contribution is 2.22. The Morgan fingerprint density at radius 2 is 0.630 bits per heavy atom. The molecule has 1 aliphatic rings. The topological polar surface area (TPSA) is 27.7 Å². The summed E-state index contributed by atoms with van der Waals surface area (Å²) in [6.45, 7) is 6.85. The summed E-state index contributed by atoms with van der Waals surface area (Å²) in [4.78, 5) is 0. The van der Waals surface area contributed by atoms with Crippen LogP contribution in [-0.4, -0.2) is 27.9 Å². The molecule has 0 aliphatic carbocycles. The van der Waals surface area contributed by atoms with Gasteiger partial charge in [-0.05, 0) is 18.1 Å². The lowest BCUT2D eigenvalue weighted by atomic mass is 10.2. The van der Waals surface area contributed by atoms with Gasteiger partial charge in [-0.25, -0.2) is 0 Å². The van der Waals surface area contributed by atoms with Crippen LogP contribution in [-0.2, 0) is 12.3 Å². The molecule has 0 bridgehead atoms. The lowest BCUT2D eigenvalue weighted by molar-refractivity contribution is 0.275. The molecule has 0 atom stereocenters. The summed E-state index contributed by atoms with van der Waals surface area (Å²) in [6, 6.07) is 3.68. The van der Waals surface area contributed by atoms with E-state index in [-0.39, 0.29) is 0 Å². The van der Waals surface area contributed by atoms with Gasteiger partial charge in [-0.15, -0.1) is 0 Å². The lowest BCUT2D eigenvalue weighted by Gasteiger charge is -2.34. The van der Waals surface area contributed by atoms with Crippen LogP contribution in [0.4, 0.5) is 0 Å². The van der Waals surface area contributed by atoms with Crippen molar-refractivity contribution in [3.63, 3.8) is 0 Å². The Labute approximate surface area is 175 Å². The number of unbranched alkanes of at least 4 members (excludes halogenated alkanes) is 12. The second kappa shape index (κ2) is 18.6. The molecule has 1 fully saturated rings. The molecular weight excluding hydrogens is 384 g/mol. The van der Waals surface area contributed by atoms with Crippen molar-refractivity contribution in [2.45, 2.75) is 135 Å². The quantitative estimate of drug-likeness (QED) is 0.180. The Balaban J connectivity index is 2.31. The molecular formula is C21H48O3Si3. The Hall–Kier alpha value is 0.531. The first-order chi connectivity index (χ1) is 13.3. The molecule has 6 heteroatoms. The smallest absolute Gasteiger partial charge is 0.303 e. The molecule has 1 heterocycles. The maximum Gasteiger partial charge on any atom is 0.303 e. The van der Waals surface area contributed by atoms with Gasteiger partial charge in [-0.3, -0.25) is 0 Å². The Bertz CT molecular complexity index is 267. The van der Waals surface area contributed by atoms with Gasteiger partial charge in [0.05, 0.1) is 0 Å². The number of rotatable bonds is 18. The van der Waals surface area contributed by atoms with E-state index >= 15 is 0 Å². The van der Waals surface area contributed by atoms with E-state index in [0.29, 0.717) is 0 Å². The Morgan fingerprint density at radius 1 is 0.370 bits per heavy atom. The van der Waals surface area contributed by atoms with Gasteiger partial charge in [-0.2, -0.15) is 0 Å². The fourth-order valence-corrected chi connectivity index (χ4v) is 15.5. The molecule has 0 saturated carbocycles. The molecule has 0 spiro atoms. The first kappa shape index (κ1) is 25.6. The van der Waals surface area contributed by atoms with Gasteiger partial charge in [0.25, 0.3) is 0 Å². The monoisotopic (exact) mass is 432 g/mol. The highest BCUT2D eigenvalue weighted by atomic mass is 28.5. The van der Waals surface area contributed by atoms with Crippen LogP contribution in [0.1, 0.15) is 117 Å². The third-order valence-corrected chi connectivity index (χ3v) is 15.5. The molecule has 1 rings (SSSR count). The average Bonchev–Trinajstić information content (AvgIpc) is 2.67. The molecule has 0 radical (unpaired) electrons. The van der Waals surface area contributed by atoms with Gasteiger partial charge >= 0.3 is 27.9 Å². The van der Waals surface area contributed by atoms with E-state index < -0.39 is 27.9 Å². The molecule has 162 valence electrons. The summed E-state index contributed by atoms with van der Waals surface area (Å²) in [6.07, 6.45) is 20.2. The Kier molecular flexibility index (Phi) is 17.6. The zero-order valence-corrected chi connectivity index (χ0v) is 22.1. The number of hydrogen-bond donors (Lipinski definition) is 0. The maximum absolute atomic E-state index is 6.44. The predicted octanol–water partition coefficient (Wildman–Crippen LogP) is 6.62. The van der Waals surface area contributed by atoms with Gasteiger partial charge in [0, 0.05) is 0 Å². The molecule has 0 aromatic rings. The van der Waals surface area contributed by atoms with Crippen LogP contribution < -0.4 is 0 Å². The van der Waals surface area contributed by atoms with E-state index in [9.17, 15) is 0 Å². The van der Waals surface area contributed by atoms with Gasteiger partial charge < -0.3 is 12.3 Å². The zero-order valence-electron chi connectivity index (χ0n) is 18.7. The summed E-state index contributed by atoms with van der Waals surface area (Å²) >= 11 is 0. The zero-order chi connectivity index (χ0) is 19.6. The van der Waals surface area contributed by atoms with E-state index in [2.05, 4.69) is 20.8 Å². The summed E-state index contributed by atoms with van der Waals surface area (Å²) in [7, 11) is -4.27. The van der Waals surface area contributed by atoms with Crippen LogP contribution >= 0.6 is 0 Å². The van der Waals surface area contributed by atoms with Crippen LogP contribution in [0.15, 0.2) is 0 Å². The van der Waals surface area contributed by atoms with Gasteiger partial charge in [0.1, 0.15) is 0 Å². The first-order valence-corrected chi connectivity index (χ1v) is 17.5. The summed E-state index contributed by atoms with van der Waals surface area (Å²) in [5.74, 6) is 0. The molecule has 27 heavy (non-hydrogen) atoms. The number of hydrogen-bond acceptors (Lipinski definition) is 3. The molecule has 1 aliphatic heterocycles. The van der Waals surface area contributed by atoms with Gasteiger partial charge in [0.2, 0.25) is 0 Å². The van der Waals surface area contributed by atoms with Crippen molar-refractivity contribution in [2.24, 2.45) is 0 Å². The predicted molar refractivity (Wildman–Crippen MR) is 125 cm³/mol. The lowest BCUT2D eigenvalue weighted by Crippen LogP contribution is -2.48. The third-order valence-electron chi connectivity index (χ3n) is 5.54. The molecule has 0 aromatic carbocycles. The molecule has 1 saturated heterocycles. The molecule has 0 aromatic heterocycles. The van der Waals surface area contributed by atoms with Crippen molar-refractivity contribution >= 4 is 27.9 Å². The standard InChI is InChI=1S/C21H48O3Si3/c1-4-7-10-13-16-19-25-22-26(20-17-14-11-8-5-2)24-27(23-25)21-18-15-12-9-6-3/h25-27H,4-21H2,1-3H3. The van der Waals surface area contributed by atoms with Crippen LogP contribution in [0.2, 0.25) is 18.1 Å². The molecule has 0 amide bonds. The minimum Gasteiger partial charge on any atom is -0.420 e.